The summed E-state index contributed by atoms with van der Waals surface area (Å²) in [5.41, 5.74) is 0.994. The molecule has 4 nitrogen and oxygen atoms in total. The van der Waals surface area contributed by atoms with Crippen LogP contribution in [-0.4, -0.2) is 22.6 Å². The fourth-order valence-electron chi connectivity index (χ4n) is 1.64. The van der Waals surface area contributed by atoms with E-state index in [1.165, 1.54) is 19.3 Å². The number of anilines is 2. The Hall–Kier alpha value is -1.32. The van der Waals surface area contributed by atoms with Crippen molar-refractivity contribution in [3.8, 4) is 0 Å². The molecule has 1 atom stereocenters. The van der Waals surface area contributed by atoms with E-state index in [2.05, 4.69) is 41.4 Å². The van der Waals surface area contributed by atoms with E-state index in [4.69, 9.17) is 0 Å². The van der Waals surface area contributed by atoms with Gasteiger partial charge >= 0.3 is 0 Å². The third kappa shape index (κ3) is 5.34. The van der Waals surface area contributed by atoms with E-state index < -0.39 is 0 Å². The maximum absolute atomic E-state index is 4.49. The van der Waals surface area contributed by atoms with E-state index in [9.17, 15) is 0 Å². The summed E-state index contributed by atoms with van der Waals surface area (Å²) in [5.74, 6) is 1.65. The molecule has 1 rings (SSSR count). The summed E-state index contributed by atoms with van der Waals surface area (Å²) < 4.78 is 0. The number of nitrogens with zero attached hydrogens (tertiary/aromatic N) is 2. The lowest BCUT2D eigenvalue weighted by Crippen LogP contribution is -2.16. The number of rotatable bonds is 8. The number of aromatic nitrogens is 2. The van der Waals surface area contributed by atoms with Crippen molar-refractivity contribution >= 4 is 11.8 Å². The number of aryl methyl sites for hydroxylation is 1. The fourth-order valence-corrected chi connectivity index (χ4v) is 1.64. The molecule has 0 aromatic carbocycles. The zero-order chi connectivity index (χ0) is 13.4. The summed E-state index contributed by atoms with van der Waals surface area (Å²) in [7, 11) is 0. The quantitative estimate of drug-likeness (QED) is 0.692. The number of hydrogen-bond acceptors (Lipinski definition) is 4. The molecule has 0 spiro atoms. The van der Waals surface area contributed by atoms with Gasteiger partial charge in [-0.3, -0.25) is 0 Å². The van der Waals surface area contributed by atoms with Gasteiger partial charge in [-0.05, 0) is 26.7 Å². The molecular formula is C14H26N4. The predicted molar refractivity (Wildman–Crippen MR) is 78.2 cm³/mol. The third-order valence-electron chi connectivity index (χ3n) is 2.93. The minimum atomic E-state index is 0.403. The highest BCUT2D eigenvalue weighted by Gasteiger charge is 2.04. The highest BCUT2D eigenvalue weighted by Crippen LogP contribution is 2.11. The van der Waals surface area contributed by atoms with Crippen molar-refractivity contribution in [3.63, 3.8) is 0 Å². The molecule has 0 aliphatic carbocycles. The van der Waals surface area contributed by atoms with Gasteiger partial charge < -0.3 is 10.6 Å². The van der Waals surface area contributed by atoms with Gasteiger partial charge in [-0.2, -0.15) is 4.98 Å². The van der Waals surface area contributed by atoms with Gasteiger partial charge in [0.05, 0.1) is 0 Å². The SMILES string of the molecule is CCCCCNc1cc(C)nc(NC(C)CC)n1. The van der Waals surface area contributed by atoms with E-state index in [0.717, 1.165) is 30.4 Å². The van der Waals surface area contributed by atoms with Crippen molar-refractivity contribution in [1.29, 1.82) is 0 Å². The van der Waals surface area contributed by atoms with Crippen LogP contribution in [0.2, 0.25) is 0 Å². The second-order valence-corrected chi connectivity index (χ2v) is 4.81. The molecule has 0 bridgehead atoms. The maximum Gasteiger partial charge on any atom is 0.225 e. The van der Waals surface area contributed by atoms with Gasteiger partial charge in [-0.1, -0.05) is 26.7 Å². The van der Waals surface area contributed by atoms with Gasteiger partial charge in [0.1, 0.15) is 5.82 Å². The Labute approximate surface area is 111 Å². The van der Waals surface area contributed by atoms with E-state index in [-0.39, 0.29) is 0 Å². The van der Waals surface area contributed by atoms with Crippen molar-refractivity contribution < 1.29 is 0 Å². The molecule has 0 saturated carbocycles. The van der Waals surface area contributed by atoms with E-state index >= 15 is 0 Å². The summed E-state index contributed by atoms with van der Waals surface area (Å²) in [6.07, 6.45) is 4.75. The summed E-state index contributed by atoms with van der Waals surface area (Å²) in [6, 6.07) is 2.40. The average Bonchev–Trinajstić information content (AvgIpc) is 2.34. The molecule has 0 fully saturated rings. The van der Waals surface area contributed by atoms with Crippen LogP contribution in [0.5, 0.6) is 0 Å². The molecular weight excluding hydrogens is 224 g/mol. The molecule has 1 heterocycles. The Morgan fingerprint density at radius 1 is 1.22 bits per heavy atom. The third-order valence-corrected chi connectivity index (χ3v) is 2.93. The Morgan fingerprint density at radius 3 is 2.67 bits per heavy atom. The van der Waals surface area contributed by atoms with Crippen LogP contribution < -0.4 is 10.6 Å². The molecule has 102 valence electrons. The molecule has 0 aliphatic heterocycles. The van der Waals surface area contributed by atoms with Crippen LogP contribution in [0.4, 0.5) is 11.8 Å². The molecule has 0 aliphatic rings. The molecule has 0 saturated heterocycles. The smallest absolute Gasteiger partial charge is 0.225 e. The molecule has 18 heavy (non-hydrogen) atoms. The molecule has 1 unspecified atom stereocenters. The van der Waals surface area contributed by atoms with E-state index in [1.54, 1.807) is 0 Å². The van der Waals surface area contributed by atoms with E-state index in [1.807, 2.05) is 13.0 Å². The fraction of sp³-hybridized carbons (Fsp3) is 0.714. The number of unbranched alkanes of at least 4 members (excludes halogenated alkanes) is 2. The molecule has 1 aromatic rings. The number of hydrogen-bond donors (Lipinski definition) is 2. The first-order valence-corrected chi connectivity index (χ1v) is 7.01. The largest absolute Gasteiger partial charge is 0.370 e. The van der Waals surface area contributed by atoms with Gasteiger partial charge in [0, 0.05) is 24.3 Å². The minimum Gasteiger partial charge on any atom is -0.370 e. The summed E-state index contributed by atoms with van der Waals surface area (Å²) in [4.78, 5) is 8.89. The maximum atomic E-state index is 4.49. The highest BCUT2D eigenvalue weighted by molar-refractivity contribution is 5.42. The lowest BCUT2D eigenvalue weighted by Gasteiger charge is -2.13. The van der Waals surface area contributed by atoms with Gasteiger partial charge in [0.25, 0.3) is 0 Å². The van der Waals surface area contributed by atoms with Crippen molar-refractivity contribution in [2.45, 2.75) is 59.4 Å². The lowest BCUT2D eigenvalue weighted by molar-refractivity contribution is 0.739. The van der Waals surface area contributed by atoms with Crippen LogP contribution in [0.1, 0.15) is 52.1 Å². The van der Waals surface area contributed by atoms with Crippen LogP contribution in [0.3, 0.4) is 0 Å². The molecule has 0 radical (unpaired) electrons. The molecule has 0 amide bonds. The average molecular weight is 250 g/mol. The standard InChI is InChI=1S/C14H26N4/c1-5-7-8-9-15-13-10-12(4)17-14(18-13)16-11(3)6-2/h10-11H,5-9H2,1-4H3,(H2,15,16,17,18). The van der Waals surface area contributed by atoms with Crippen LogP contribution >= 0.6 is 0 Å². The Kier molecular flexibility index (Phi) is 6.47. The first kappa shape index (κ1) is 14.7. The Balaban J connectivity index is 2.57. The second-order valence-electron chi connectivity index (χ2n) is 4.81. The van der Waals surface area contributed by atoms with Gasteiger partial charge in [-0.25, -0.2) is 4.98 Å². The van der Waals surface area contributed by atoms with Crippen molar-refractivity contribution in [1.82, 2.24) is 9.97 Å². The summed E-state index contributed by atoms with van der Waals surface area (Å²) in [5, 5.41) is 6.67. The van der Waals surface area contributed by atoms with E-state index in [0.29, 0.717) is 6.04 Å². The molecule has 4 heteroatoms. The van der Waals surface area contributed by atoms with Gasteiger partial charge in [0.2, 0.25) is 5.95 Å². The van der Waals surface area contributed by atoms with Crippen LogP contribution in [-0.2, 0) is 0 Å². The Morgan fingerprint density at radius 2 is 2.00 bits per heavy atom. The zero-order valence-corrected chi connectivity index (χ0v) is 12.1. The summed E-state index contributed by atoms with van der Waals surface area (Å²) >= 11 is 0. The summed E-state index contributed by atoms with van der Waals surface area (Å²) in [6.45, 7) is 9.48. The van der Waals surface area contributed by atoms with Crippen molar-refractivity contribution in [2.24, 2.45) is 0 Å². The van der Waals surface area contributed by atoms with Crippen LogP contribution in [0.15, 0.2) is 6.07 Å². The zero-order valence-electron chi connectivity index (χ0n) is 12.1. The first-order valence-electron chi connectivity index (χ1n) is 7.01. The monoisotopic (exact) mass is 250 g/mol. The minimum absolute atomic E-state index is 0.403. The van der Waals surface area contributed by atoms with Gasteiger partial charge in [-0.15, -0.1) is 0 Å². The second kappa shape index (κ2) is 7.90. The first-order chi connectivity index (χ1) is 8.65. The predicted octanol–water partition coefficient (Wildman–Crippen LogP) is 3.60. The molecule has 1 aromatic heterocycles. The van der Waals surface area contributed by atoms with Crippen LogP contribution in [0, 0.1) is 6.92 Å². The van der Waals surface area contributed by atoms with Crippen molar-refractivity contribution in [2.75, 3.05) is 17.2 Å². The topological polar surface area (TPSA) is 49.8 Å². The Bertz CT molecular complexity index is 352. The number of nitrogens with one attached hydrogen (secondary N) is 2. The normalized spacial score (nSPS) is 12.2. The van der Waals surface area contributed by atoms with Crippen LogP contribution in [0.25, 0.3) is 0 Å². The van der Waals surface area contributed by atoms with Crippen molar-refractivity contribution in [3.05, 3.63) is 11.8 Å². The molecule has 2 N–H and O–H groups in total. The lowest BCUT2D eigenvalue weighted by atomic mass is 10.2. The highest BCUT2D eigenvalue weighted by atomic mass is 15.1. The van der Waals surface area contributed by atoms with Gasteiger partial charge in [0.15, 0.2) is 0 Å².